The Bertz CT molecular complexity index is 247. The fourth-order valence-electron chi connectivity index (χ4n) is 1.09. The Morgan fingerprint density at radius 2 is 2.46 bits per heavy atom. The van der Waals surface area contributed by atoms with Gasteiger partial charge in [0.25, 0.3) is 0 Å². The highest BCUT2D eigenvalue weighted by Gasteiger charge is 1.99. The van der Waals surface area contributed by atoms with Crippen LogP contribution in [0, 0.1) is 5.92 Å². The lowest BCUT2D eigenvalue weighted by molar-refractivity contribution is 0.233. The number of hydrogen-bond acceptors (Lipinski definition) is 3. The molecule has 0 bridgehead atoms. The summed E-state index contributed by atoms with van der Waals surface area (Å²) < 4.78 is 1.78. The molecule has 0 radical (unpaired) electrons. The summed E-state index contributed by atoms with van der Waals surface area (Å²) in [7, 11) is 1.90. The van der Waals surface area contributed by atoms with Gasteiger partial charge in [-0.15, -0.1) is 0 Å². The number of hydrogen-bond donors (Lipinski definition) is 2. The van der Waals surface area contributed by atoms with Crippen molar-refractivity contribution >= 4 is 0 Å². The van der Waals surface area contributed by atoms with E-state index in [4.69, 9.17) is 5.11 Å². The van der Waals surface area contributed by atoms with Gasteiger partial charge in [0.1, 0.15) is 0 Å². The first-order chi connectivity index (χ1) is 6.22. The van der Waals surface area contributed by atoms with Gasteiger partial charge in [-0.25, -0.2) is 0 Å². The van der Waals surface area contributed by atoms with E-state index in [9.17, 15) is 0 Å². The lowest BCUT2D eigenvalue weighted by Crippen LogP contribution is -2.22. The van der Waals surface area contributed by atoms with E-state index in [2.05, 4.69) is 10.4 Å². The molecule has 74 valence electrons. The van der Waals surface area contributed by atoms with E-state index in [1.807, 2.05) is 26.4 Å². The van der Waals surface area contributed by atoms with Crippen LogP contribution in [0.5, 0.6) is 0 Å². The molecule has 1 unspecified atom stereocenters. The second-order valence-electron chi connectivity index (χ2n) is 3.44. The zero-order chi connectivity index (χ0) is 9.68. The molecule has 0 saturated carbocycles. The Kier molecular flexibility index (Phi) is 3.92. The van der Waals surface area contributed by atoms with Gasteiger partial charge >= 0.3 is 0 Å². The first-order valence-corrected chi connectivity index (χ1v) is 4.51. The van der Waals surface area contributed by atoms with Gasteiger partial charge in [0.05, 0.1) is 6.20 Å². The van der Waals surface area contributed by atoms with Crippen molar-refractivity contribution in [2.45, 2.75) is 13.5 Å². The van der Waals surface area contributed by atoms with E-state index in [0.717, 1.165) is 13.1 Å². The van der Waals surface area contributed by atoms with Gasteiger partial charge in [-0.2, -0.15) is 5.10 Å². The van der Waals surface area contributed by atoms with Crippen LogP contribution in [-0.2, 0) is 13.6 Å². The van der Waals surface area contributed by atoms with E-state index < -0.39 is 0 Å². The average molecular weight is 183 g/mol. The zero-order valence-corrected chi connectivity index (χ0v) is 8.20. The normalized spacial score (nSPS) is 13.2. The average Bonchev–Trinajstić information content (AvgIpc) is 2.51. The minimum atomic E-state index is 0.236. The predicted molar refractivity (Wildman–Crippen MR) is 51.2 cm³/mol. The molecule has 1 rings (SSSR count). The van der Waals surface area contributed by atoms with Crippen LogP contribution in [0.2, 0.25) is 0 Å². The molecule has 0 aliphatic carbocycles. The van der Waals surface area contributed by atoms with E-state index >= 15 is 0 Å². The maximum absolute atomic E-state index is 8.78. The van der Waals surface area contributed by atoms with Gasteiger partial charge in [0.2, 0.25) is 0 Å². The summed E-state index contributed by atoms with van der Waals surface area (Å²) in [6, 6.07) is 0. The minimum Gasteiger partial charge on any atom is -0.396 e. The van der Waals surface area contributed by atoms with Crippen molar-refractivity contribution < 1.29 is 5.11 Å². The molecule has 1 aromatic heterocycles. The van der Waals surface area contributed by atoms with Crippen LogP contribution in [-0.4, -0.2) is 28.0 Å². The molecule has 0 saturated heterocycles. The standard InChI is InChI=1S/C9H17N3O/c1-8(7-13)3-10-4-9-5-11-12(2)6-9/h5-6,8,10,13H,3-4,7H2,1-2H3. The van der Waals surface area contributed by atoms with Gasteiger partial charge in [-0.05, 0) is 5.92 Å². The topological polar surface area (TPSA) is 50.1 Å². The van der Waals surface area contributed by atoms with E-state index in [-0.39, 0.29) is 6.61 Å². The minimum absolute atomic E-state index is 0.236. The molecule has 0 fully saturated rings. The number of aryl methyl sites for hydroxylation is 1. The van der Waals surface area contributed by atoms with Crippen molar-refractivity contribution in [2.24, 2.45) is 13.0 Å². The maximum Gasteiger partial charge on any atom is 0.0534 e. The molecule has 0 aliphatic heterocycles. The van der Waals surface area contributed by atoms with Crippen LogP contribution >= 0.6 is 0 Å². The molecular weight excluding hydrogens is 166 g/mol. The summed E-state index contributed by atoms with van der Waals surface area (Å²) in [5, 5.41) is 16.1. The van der Waals surface area contributed by atoms with Crippen LogP contribution in [0.4, 0.5) is 0 Å². The van der Waals surface area contributed by atoms with Gasteiger partial charge in [0, 0.05) is 38.5 Å². The number of nitrogens with zero attached hydrogens (tertiary/aromatic N) is 2. The molecule has 1 heterocycles. The number of aliphatic hydroxyl groups is 1. The molecule has 4 nitrogen and oxygen atoms in total. The fraction of sp³-hybridized carbons (Fsp3) is 0.667. The van der Waals surface area contributed by atoms with Crippen LogP contribution in [0.25, 0.3) is 0 Å². The summed E-state index contributed by atoms with van der Waals surface area (Å²) in [6.07, 6.45) is 3.83. The molecule has 0 aliphatic rings. The van der Waals surface area contributed by atoms with Gasteiger partial charge in [-0.3, -0.25) is 4.68 Å². The molecule has 0 spiro atoms. The van der Waals surface area contributed by atoms with Crippen molar-refractivity contribution in [3.05, 3.63) is 18.0 Å². The molecule has 13 heavy (non-hydrogen) atoms. The van der Waals surface area contributed by atoms with Crippen molar-refractivity contribution in [2.75, 3.05) is 13.2 Å². The Labute approximate surface area is 78.6 Å². The first-order valence-electron chi connectivity index (χ1n) is 4.51. The second kappa shape index (κ2) is 4.99. The monoisotopic (exact) mass is 183 g/mol. The van der Waals surface area contributed by atoms with Gasteiger partial charge in [0.15, 0.2) is 0 Å². The Hall–Kier alpha value is -0.870. The van der Waals surface area contributed by atoms with E-state index in [1.54, 1.807) is 4.68 Å². The lowest BCUT2D eigenvalue weighted by atomic mass is 10.2. The molecule has 1 aromatic rings. The number of aromatic nitrogens is 2. The summed E-state index contributed by atoms with van der Waals surface area (Å²) in [4.78, 5) is 0. The second-order valence-corrected chi connectivity index (χ2v) is 3.44. The predicted octanol–water partition coefficient (Wildman–Crippen LogP) is 0.138. The number of aliphatic hydroxyl groups excluding tert-OH is 1. The van der Waals surface area contributed by atoms with Crippen molar-refractivity contribution in [1.29, 1.82) is 0 Å². The highest BCUT2D eigenvalue weighted by atomic mass is 16.3. The largest absolute Gasteiger partial charge is 0.396 e. The number of nitrogens with one attached hydrogen (secondary N) is 1. The quantitative estimate of drug-likeness (QED) is 0.682. The Morgan fingerprint density at radius 3 is 3.00 bits per heavy atom. The third-order valence-electron chi connectivity index (χ3n) is 1.89. The molecule has 0 amide bonds. The van der Waals surface area contributed by atoms with Crippen LogP contribution in [0.1, 0.15) is 12.5 Å². The highest BCUT2D eigenvalue weighted by molar-refractivity contribution is 5.02. The zero-order valence-electron chi connectivity index (χ0n) is 8.20. The van der Waals surface area contributed by atoms with Crippen molar-refractivity contribution in [1.82, 2.24) is 15.1 Å². The van der Waals surface area contributed by atoms with E-state index in [1.165, 1.54) is 5.56 Å². The summed E-state index contributed by atoms with van der Waals surface area (Å²) in [6.45, 7) is 3.90. The molecule has 2 N–H and O–H groups in total. The number of rotatable bonds is 5. The van der Waals surface area contributed by atoms with Gasteiger partial charge in [-0.1, -0.05) is 6.92 Å². The third kappa shape index (κ3) is 3.57. The van der Waals surface area contributed by atoms with Gasteiger partial charge < -0.3 is 10.4 Å². The van der Waals surface area contributed by atoms with E-state index in [0.29, 0.717) is 5.92 Å². The van der Waals surface area contributed by atoms with Crippen LogP contribution < -0.4 is 5.32 Å². The molecule has 0 aromatic carbocycles. The van der Waals surface area contributed by atoms with Crippen molar-refractivity contribution in [3.63, 3.8) is 0 Å². The smallest absolute Gasteiger partial charge is 0.0534 e. The fourth-order valence-corrected chi connectivity index (χ4v) is 1.09. The molecule has 1 atom stereocenters. The van der Waals surface area contributed by atoms with Crippen LogP contribution in [0.15, 0.2) is 12.4 Å². The van der Waals surface area contributed by atoms with Crippen molar-refractivity contribution in [3.8, 4) is 0 Å². The third-order valence-corrected chi connectivity index (χ3v) is 1.89. The lowest BCUT2D eigenvalue weighted by Gasteiger charge is -2.07. The summed E-state index contributed by atoms with van der Waals surface area (Å²) in [5.74, 6) is 0.316. The summed E-state index contributed by atoms with van der Waals surface area (Å²) in [5.41, 5.74) is 1.17. The van der Waals surface area contributed by atoms with Crippen LogP contribution in [0.3, 0.4) is 0 Å². The first kappa shape index (κ1) is 10.2. The Balaban J connectivity index is 2.20. The molecular formula is C9H17N3O. The summed E-state index contributed by atoms with van der Waals surface area (Å²) >= 11 is 0. The molecule has 4 heteroatoms. The maximum atomic E-state index is 8.78. The highest BCUT2D eigenvalue weighted by Crippen LogP contribution is 1.96. The SMILES string of the molecule is CC(CO)CNCc1cnn(C)c1. The Morgan fingerprint density at radius 1 is 1.69 bits per heavy atom.